The summed E-state index contributed by atoms with van der Waals surface area (Å²) >= 11 is 6.29. The smallest absolute Gasteiger partial charge is 0.0376 e. The topological polar surface area (TPSA) is 12.0 Å². The average Bonchev–Trinajstić information content (AvgIpc) is 2.53. The van der Waals surface area contributed by atoms with Crippen molar-refractivity contribution in [2.45, 2.75) is 69.2 Å². The van der Waals surface area contributed by atoms with Gasteiger partial charge in [0.2, 0.25) is 0 Å². The van der Waals surface area contributed by atoms with Gasteiger partial charge in [0.15, 0.2) is 0 Å². The molecule has 88 valence electrons. The van der Waals surface area contributed by atoms with Crippen molar-refractivity contribution in [2.75, 3.05) is 6.54 Å². The summed E-state index contributed by atoms with van der Waals surface area (Å²) in [6, 6.07) is 0.789. The van der Waals surface area contributed by atoms with Crippen molar-refractivity contribution in [3.8, 4) is 0 Å². The lowest BCUT2D eigenvalue weighted by Crippen LogP contribution is -2.34. The van der Waals surface area contributed by atoms with E-state index in [2.05, 4.69) is 5.32 Å². The second kappa shape index (κ2) is 6.10. The van der Waals surface area contributed by atoms with Crippen LogP contribution in [0.1, 0.15) is 57.8 Å². The van der Waals surface area contributed by atoms with Crippen LogP contribution < -0.4 is 5.32 Å². The van der Waals surface area contributed by atoms with Gasteiger partial charge in [-0.05, 0) is 38.1 Å². The maximum Gasteiger partial charge on any atom is 0.0376 e. The summed E-state index contributed by atoms with van der Waals surface area (Å²) in [5, 5.41) is 4.20. The highest BCUT2D eigenvalue weighted by Crippen LogP contribution is 2.29. The van der Waals surface area contributed by atoms with Gasteiger partial charge in [-0.15, -0.1) is 11.6 Å². The van der Waals surface area contributed by atoms with Gasteiger partial charge in [-0.1, -0.05) is 32.1 Å². The third kappa shape index (κ3) is 3.64. The zero-order valence-electron chi connectivity index (χ0n) is 9.68. The Labute approximate surface area is 99.0 Å². The Bertz CT molecular complexity index is 175. The molecule has 0 aliphatic heterocycles. The molecule has 2 aliphatic rings. The third-order valence-corrected chi connectivity index (χ3v) is 4.66. The molecule has 2 aliphatic carbocycles. The predicted octanol–water partition coefficient (Wildman–Crippen LogP) is 3.71. The summed E-state index contributed by atoms with van der Waals surface area (Å²) in [5.41, 5.74) is 0. The number of alkyl halides is 1. The number of halogens is 1. The van der Waals surface area contributed by atoms with Gasteiger partial charge in [-0.3, -0.25) is 0 Å². The van der Waals surface area contributed by atoms with E-state index < -0.39 is 0 Å². The molecule has 0 heterocycles. The molecule has 2 unspecified atom stereocenters. The van der Waals surface area contributed by atoms with Crippen LogP contribution in [-0.4, -0.2) is 18.0 Å². The van der Waals surface area contributed by atoms with Crippen molar-refractivity contribution in [1.29, 1.82) is 0 Å². The van der Waals surface area contributed by atoms with Gasteiger partial charge in [0.25, 0.3) is 0 Å². The van der Waals surface area contributed by atoms with E-state index in [-0.39, 0.29) is 0 Å². The lowest BCUT2D eigenvalue weighted by molar-refractivity contribution is 0.405. The quantitative estimate of drug-likeness (QED) is 0.575. The normalized spacial score (nSPS) is 34.2. The van der Waals surface area contributed by atoms with Gasteiger partial charge in [0.1, 0.15) is 0 Å². The molecule has 0 aromatic heterocycles. The zero-order valence-corrected chi connectivity index (χ0v) is 10.4. The molecule has 0 aromatic carbocycles. The summed E-state index contributed by atoms with van der Waals surface area (Å²) in [7, 11) is 0. The Kier molecular flexibility index (Phi) is 4.77. The molecule has 2 fully saturated rings. The van der Waals surface area contributed by atoms with Gasteiger partial charge in [-0.25, -0.2) is 0 Å². The molecule has 2 saturated carbocycles. The van der Waals surface area contributed by atoms with Gasteiger partial charge in [0, 0.05) is 11.4 Å². The Morgan fingerprint density at radius 3 is 2.20 bits per heavy atom. The molecule has 2 atom stereocenters. The van der Waals surface area contributed by atoms with Crippen LogP contribution in [0.5, 0.6) is 0 Å². The fourth-order valence-electron chi connectivity index (χ4n) is 3.02. The first-order chi connectivity index (χ1) is 7.36. The second-order valence-electron chi connectivity index (χ2n) is 5.30. The van der Waals surface area contributed by atoms with Crippen LogP contribution in [0, 0.1) is 5.92 Å². The molecule has 0 spiro atoms. The first-order valence-corrected chi connectivity index (χ1v) is 7.17. The standard InChI is InChI=1S/C13H24ClN/c14-13-9-5-6-11(13)10-15-12-7-3-1-2-4-8-12/h11-13,15H,1-10H2. The largest absolute Gasteiger partial charge is 0.314 e. The Morgan fingerprint density at radius 2 is 1.60 bits per heavy atom. The van der Waals surface area contributed by atoms with E-state index in [9.17, 15) is 0 Å². The van der Waals surface area contributed by atoms with E-state index >= 15 is 0 Å². The molecule has 0 bridgehead atoms. The third-order valence-electron chi connectivity index (χ3n) is 4.09. The van der Waals surface area contributed by atoms with E-state index in [1.807, 2.05) is 0 Å². The van der Waals surface area contributed by atoms with Gasteiger partial charge >= 0.3 is 0 Å². The number of hydrogen-bond acceptors (Lipinski definition) is 1. The molecule has 1 nitrogen and oxygen atoms in total. The molecular formula is C13H24ClN. The second-order valence-corrected chi connectivity index (χ2v) is 5.86. The van der Waals surface area contributed by atoms with Crippen LogP contribution in [0.2, 0.25) is 0 Å². The molecule has 1 N–H and O–H groups in total. The van der Waals surface area contributed by atoms with E-state index in [1.165, 1.54) is 64.3 Å². The van der Waals surface area contributed by atoms with Crippen LogP contribution >= 0.6 is 11.6 Å². The minimum absolute atomic E-state index is 0.447. The Hall–Kier alpha value is 0.250. The van der Waals surface area contributed by atoms with Crippen molar-refractivity contribution in [3.05, 3.63) is 0 Å². The van der Waals surface area contributed by atoms with Gasteiger partial charge in [-0.2, -0.15) is 0 Å². The van der Waals surface area contributed by atoms with Crippen molar-refractivity contribution < 1.29 is 0 Å². The first-order valence-electron chi connectivity index (χ1n) is 6.74. The maximum atomic E-state index is 6.29. The summed E-state index contributed by atoms with van der Waals surface area (Å²) < 4.78 is 0. The monoisotopic (exact) mass is 229 g/mol. The number of nitrogens with one attached hydrogen (secondary N) is 1. The number of rotatable bonds is 3. The number of hydrogen-bond donors (Lipinski definition) is 1. The molecular weight excluding hydrogens is 206 g/mol. The molecule has 15 heavy (non-hydrogen) atoms. The zero-order chi connectivity index (χ0) is 10.5. The summed E-state index contributed by atoms with van der Waals surface area (Å²) in [6.45, 7) is 1.17. The van der Waals surface area contributed by atoms with Crippen molar-refractivity contribution in [1.82, 2.24) is 5.32 Å². The molecule has 0 aromatic rings. The lowest BCUT2D eigenvalue weighted by Gasteiger charge is -2.20. The van der Waals surface area contributed by atoms with Crippen LogP contribution in [0.3, 0.4) is 0 Å². The highest BCUT2D eigenvalue weighted by atomic mass is 35.5. The van der Waals surface area contributed by atoms with Crippen LogP contribution in [0.25, 0.3) is 0 Å². The van der Waals surface area contributed by atoms with Crippen LogP contribution in [0.15, 0.2) is 0 Å². The van der Waals surface area contributed by atoms with E-state index in [4.69, 9.17) is 11.6 Å². The van der Waals surface area contributed by atoms with E-state index in [0.29, 0.717) is 5.38 Å². The lowest BCUT2D eigenvalue weighted by atomic mass is 10.1. The SMILES string of the molecule is ClC1CCCC1CNC1CCCCCC1. The van der Waals surface area contributed by atoms with Gasteiger partial charge < -0.3 is 5.32 Å². The fourth-order valence-corrected chi connectivity index (χ4v) is 3.39. The fraction of sp³-hybridized carbons (Fsp3) is 1.00. The van der Waals surface area contributed by atoms with E-state index in [0.717, 1.165) is 12.0 Å². The summed E-state index contributed by atoms with van der Waals surface area (Å²) in [6.07, 6.45) is 12.4. The molecule has 0 radical (unpaired) electrons. The molecule has 0 saturated heterocycles. The minimum Gasteiger partial charge on any atom is -0.314 e. The summed E-state index contributed by atoms with van der Waals surface area (Å²) in [4.78, 5) is 0. The van der Waals surface area contributed by atoms with Gasteiger partial charge in [0.05, 0.1) is 0 Å². The summed E-state index contributed by atoms with van der Waals surface area (Å²) in [5.74, 6) is 0.745. The van der Waals surface area contributed by atoms with Crippen molar-refractivity contribution in [3.63, 3.8) is 0 Å². The van der Waals surface area contributed by atoms with Crippen LogP contribution in [0.4, 0.5) is 0 Å². The maximum absolute atomic E-state index is 6.29. The Balaban J connectivity index is 1.67. The molecule has 0 amide bonds. The minimum atomic E-state index is 0.447. The van der Waals surface area contributed by atoms with E-state index in [1.54, 1.807) is 0 Å². The highest BCUT2D eigenvalue weighted by Gasteiger charge is 2.25. The predicted molar refractivity (Wildman–Crippen MR) is 66.5 cm³/mol. The van der Waals surface area contributed by atoms with Crippen LogP contribution in [-0.2, 0) is 0 Å². The van der Waals surface area contributed by atoms with Crippen molar-refractivity contribution in [2.24, 2.45) is 5.92 Å². The first kappa shape index (κ1) is 11.7. The molecule has 2 heteroatoms. The Morgan fingerprint density at radius 1 is 0.867 bits per heavy atom. The average molecular weight is 230 g/mol. The van der Waals surface area contributed by atoms with Crippen molar-refractivity contribution >= 4 is 11.6 Å². The molecule has 2 rings (SSSR count). The highest BCUT2D eigenvalue weighted by molar-refractivity contribution is 6.20.